The Morgan fingerprint density at radius 1 is 1.24 bits per heavy atom. The van der Waals surface area contributed by atoms with Crippen molar-refractivity contribution in [2.45, 2.75) is 39.1 Å². The van der Waals surface area contributed by atoms with E-state index in [9.17, 15) is 13.6 Å². The van der Waals surface area contributed by atoms with Crippen molar-refractivity contribution in [1.29, 1.82) is 0 Å². The molecule has 0 bridgehead atoms. The Bertz CT molecular complexity index is 1180. The number of nitrogens with one attached hydrogen (secondary N) is 2. The van der Waals surface area contributed by atoms with Gasteiger partial charge in [0.2, 0.25) is 11.9 Å². The third kappa shape index (κ3) is 4.63. The van der Waals surface area contributed by atoms with Gasteiger partial charge in [0.1, 0.15) is 11.7 Å². The fourth-order valence-electron chi connectivity index (χ4n) is 3.79. The van der Waals surface area contributed by atoms with E-state index in [0.717, 1.165) is 17.7 Å². The second-order valence-corrected chi connectivity index (χ2v) is 7.97. The highest BCUT2D eigenvalue weighted by Crippen LogP contribution is 2.33. The molecular weight excluding hydrogens is 432 g/mol. The molecule has 1 amide bonds. The highest BCUT2D eigenvalue weighted by molar-refractivity contribution is 6.03. The summed E-state index contributed by atoms with van der Waals surface area (Å²) in [6.07, 6.45) is 3.17. The number of rotatable bonds is 7. The topological polar surface area (TPSA) is 97.2 Å². The number of benzene rings is 1. The Morgan fingerprint density at radius 3 is 2.76 bits per heavy atom. The van der Waals surface area contributed by atoms with Crippen LogP contribution < -0.4 is 15.5 Å². The van der Waals surface area contributed by atoms with Crippen molar-refractivity contribution in [2.24, 2.45) is 0 Å². The van der Waals surface area contributed by atoms with Gasteiger partial charge >= 0.3 is 0 Å². The summed E-state index contributed by atoms with van der Waals surface area (Å²) < 4.78 is 33.5. The minimum atomic E-state index is -0.884. The van der Waals surface area contributed by atoms with Crippen molar-refractivity contribution in [3.05, 3.63) is 59.0 Å². The zero-order chi connectivity index (χ0) is 23.7. The third-order valence-electron chi connectivity index (χ3n) is 5.62. The maximum absolute atomic E-state index is 13.4. The van der Waals surface area contributed by atoms with Crippen molar-refractivity contribution >= 4 is 23.4 Å². The lowest BCUT2D eigenvalue weighted by atomic mass is 10.1. The lowest BCUT2D eigenvalue weighted by Gasteiger charge is -2.37. The molecule has 2 N–H and O–H groups in total. The van der Waals surface area contributed by atoms with Crippen molar-refractivity contribution in [3.63, 3.8) is 0 Å². The Morgan fingerprint density at radius 2 is 2.03 bits per heavy atom. The quantitative estimate of drug-likeness (QED) is 0.563. The molecule has 0 saturated carbocycles. The van der Waals surface area contributed by atoms with Gasteiger partial charge in [0, 0.05) is 32.5 Å². The van der Waals surface area contributed by atoms with Gasteiger partial charge in [-0.15, -0.1) is 0 Å². The molecule has 0 aliphatic carbocycles. The first-order valence-corrected chi connectivity index (χ1v) is 10.4. The summed E-state index contributed by atoms with van der Waals surface area (Å²) in [6, 6.07) is 3.27. The van der Waals surface area contributed by atoms with Gasteiger partial charge < -0.3 is 20.3 Å². The van der Waals surface area contributed by atoms with E-state index in [1.54, 1.807) is 36.9 Å². The van der Waals surface area contributed by atoms with Gasteiger partial charge in [-0.2, -0.15) is 10.1 Å². The van der Waals surface area contributed by atoms with Gasteiger partial charge in [-0.25, -0.2) is 13.8 Å². The first-order valence-electron chi connectivity index (χ1n) is 10.4. The maximum Gasteiger partial charge on any atom is 0.249 e. The van der Waals surface area contributed by atoms with E-state index >= 15 is 0 Å². The van der Waals surface area contributed by atoms with E-state index in [0.29, 0.717) is 41.8 Å². The number of amides is 1. The molecule has 0 saturated heterocycles. The second-order valence-electron chi connectivity index (χ2n) is 7.97. The minimum absolute atomic E-state index is 0.166. The largest absolute Gasteiger partial charge is 0.379 e. The summed E-state index contributed by atoms with van der Waals surface area (Å²) in [7, 11) is 3.36. The number of halogens is 2. The normalized spacial score (nSPS) is 16.4. The van der Waals surface area contributed by atoms with Crippen molar-refractivity contribution in [2.75, 3.05) is 29.7 Å². The average molecular weight is 457 g/mol. The molecule has 174 valence electrons. The summed E-state index contributed by atoms with van der Waals surface area (Å²) >= 11 is 0. The number of likely N-dealkylation sites (N-methyl/N-ethyl adjacent to an activating group) is 1. The molecule has 2 atom stereocenters. The molecule has 0 fully saturated rings. The number of nitrogens with zero attached hydrogens (tertiary/aromatic N) is 5. The van der Waals surface area contributed by atoms with Crippen LogP contribution in [0.3, 0.4) is 0 Å². The molecule has 2 unspecified atom stereocenters. The Balaban J connectivity index is 1.46. The average Bonchev–Trinajstić information content (AvgIpc) is 3.23. The van der Waals surface area contributed by atoms with Crippen molar-refractivity contribution in [1.82, 2.24) is 19.7 Å². The van der Waals surface area contributed by atoms with E-state index in [1.807, 2.05) is 13.1 Å². The highest BCUT2D eigenvalue weighted by atomic mass is 19.2. The van der Waals surface area contributed by atoms with E-state index in [1.165, 1.54) is 6.07 Å². The van der Waals surface area contributed by atoms with Crippen LogP contribution in [-0.4, -0.2) is 52.0 Å². The molecule has 3 aromatic rings. The molecule has 1 aromatic carbocycles. The van der Waals surface area contributed by atoms with Crippen molar-refractivity contribution < 1.29 is 18.3 Å². The number of hydrogen-bond donors (Lipinski definition) is 2. The monoisotopic (exact) mass is 457 g/mol. The van der Waals surface area contributed by atoms with Gasteiger partial charge in [0.05, 0.1) is 24.5 Å². The molecule has 2 aromatic heterocycles. The van der Waals surface area contributed by atoms with Gasteiger partial charge in [-0.05, 0) is 31.5 Å². The fraction of sp³-hybridized carbons (Fsp3) is 0.364. The molecule has 1 aliphatic heterocycles. The molecule has 0 radical (unpaired) electrons. The van der Waals surface area contributed by atoms with Crippen LogP contribution in [-0.2, 0) is 22.6 Å². The Kier molecular flexibility index (Phi) is 6.23. The van der Waals surface area contributed by atoms with Gasteiger partial charge in [0.25, 0.3) is 0 Å². The van der Waals surface area contributed by atoms with Crippen LogP contribution in [0.4, 0.5) is 26.2 Å². The molecule has 4 rings (SSSR count). The lowest BCUT2D eigenvalue weighted by Crippen LogP contribution is -2.53. The number of carbonyl (C=O) groups excluding carboxylic acids is 1. The number of anilines is 3. The highest BCUT2D eigenvalue weighted by Gasteiger charge is 2.37. The molecule has 0 spiro atoms. The molecule has 33 heavy (non-hydrogen) atoms. The van der Waals surface area contributed by atoms with E-state index in [2.05, 4.69) is 25.7 Å². The number of carbonyl (C=O) groups is 1. The molecule has 9 nitrogen and oxygen atoms in total. The van der Waals surface area contributed by atoms with Crippen molar-refractivity contribution in [3.8, 4) is 0 Å². The number of methoxy groups -OCH3 is 1. The third-order valence-corrected chi connectivity index (χ3v) is 5.62. The first kappa shape index (κ1) is 22.6. The Hall–Kier alpha value is -3.60. The van der Waals surface area contributed by atoms with Crippen LogP contribution in [0, 0.1) is 18.6 Å². The molecule has 3 heterocycles. The number of fused-ring (bicyclic) bond motifs is 1. The van der Waals surface area contributed by atoms with E-state index in [4.69, 9.17) is 4.74 Å². The number of ether oxygens (including phenoxy) is 1. The molecule has 11 heteroatoms. The van der Waals surface area contributed by atoms with Gasteiger partial charge in [-0.1, -0.05) is 6.07 Å². The standard InChI is InChI=1S/C22H25F2N7O2/c1-12-18-20(30(3)19(13(2)33-4)21(32)28-18)29-22(27-12)25-8-15-9-26-31(11-15)10-14-5-6-16(23)17(24)7-14/h5-7,9,11,13,19H,8,10H2,1-4H3,(H,28,32)(H,25,27,29). The van der Waals surface area contributed by atoms with Crippen LogP contribution in [0.25, 0.3) is 0 Å². The molecular formula is C22H25F2N7O2. The predicted octanol–water partition coefficient (Wildman–Crippen LogP) is 2.71. The number of aromatic nitrogens is 4. The summed E-state index contributed by atoms with van der Waals surface area (Å²) in [4.78, 5) is 23.4. The maximum atomic E-state index is 13.4. The van der Waals surface area contributed by atoms with Crippen LogP contribution in [0.1, 0.15) is 23.7 Å². The summed E-state index contributed by atoms with van der Waals surface area (Å²) in [5.74, 6) is -0.915. The van der Waals surface area contributed by atoms with Crippen LogP contribution in [0.2, 0.25) is 0 Å². The van der Waals surface area contributed by atoms with Crippen LogP contribution in [0.5, 0.6) is 0 Å². The summed E-state index contributed by atoms with van der Waals surface area (Å²) in [6.45, 7) is 4.36. The fourth-order valence-corrected chi connectivity index (χ4v) is 3.79. The smallest absolute Gasteiger partial charge is 0.249 e. The zero-order valence-electron chi connectivity index (χ0n) is 18.8. The van der Waals surface area contributed by atoms with Gasteiger partial charge in [0.15, 0.2) is 17.5 Å². The van der Waals surface area contributed by atoms with E-state index in [-0.39, 0.29) is 12.0 Å². The Labute approximate surface area is 189 Å². The predicted molar refractivity (Wildman–Crippen MR) is 119 cm³/mol. The first-order chi connectivity index (χ1) is 15.8. The summed E-state index contributed by atoms with van der Waals surface area (Å²) in [5.41, 5.74) is 2.69. The van der Waals surface area contributed by atoms with Crippen LogP contribution in [0.15, 0.2) is 30.6 Å². The second kappa shape index (κ2) is 9.10. The zero-order valence-corrected chi connectivity index (χ0v) is 18.8. The lowest BCUT2D eigenvalue weighted by molar-refractivity contribution is -0.120. The SMILES string of the molecule is COC(C)C1C(=O)Nc2c(C)nc(NCc3cnn(Cc4ccc(F)c(F)c4)c3)nc2N1C. The van der Waals surface area contributed by atoms with E-state index < -0.39 is 17.7 Å². The van der Waals surface area contributed by atoms with Gasteiger partial charge in [-0.3, -0.25) is 9.48 Å². The molecule has 1 aliphatic rings. The van der Waals surface area contributed by atoms with Crippen LogP contribution >= 0.6 is 0 Å². The summed E-state index contributed by atoms with van der Waals surface area (Å²) in [5, 5.41) is 10.3. The number of aryl methyl sites for hydroxylation is 1. The number of hydrogen-bond acceptors (Lipinski definition) is 7. The minimum Gasteiger partial charge on any atom is -0.379 e.